The van der Waals surface area contributed by atoms with Gasteiger partial charge in [-0.3, -0.25) is 9.69 Å². The van der Waals surface area contributed by atoms with Crippen molar-refractivity contribution in [2.24, 2.45) is 4.99 Å². The number of aromatic nitrogens is 1. The van der Waals surface area contributed by atoms with Gasteiger partial charge in [0.15, 0.2) is 10.8 Å². The minimum atomic E-state index is -0.525. The number of thiazole rings is 1. The number of hydrogen-bond acceptors (Lipinski definition) is 6. The molecule has 31 heavy (non-hydrogen) atoms. The van der Waals surface area contributed by atoms with Crippen molar-refractivity contribution in [2.75, 3.05) is 4.90 Å². The van der Waals surface area contributed by atoms with Crippen molar-refractivity contribution in [1.29, 1.82) is 0 Å². The lowest BCUT2D eigenvalue weighted by molar-refractivity contribution is -0.130. The largest absolute Gasteiger partial charge is 0.402 e. The number of aryl methyl sites for hydroxylation is 2. The zero-order valence-electron chi connectivity index (χ0n) is 17.7. The Morgan fingerprint density at radius 1 is 1.10 bits per heavy atom. The van der Waals surface area contributed by atoms with Crippen LogP contribution in [0.15, 0.2) is 58.5 Å². The van der Waals surface area contributed by atoms with E-state index in [1.54, 1.807) is 16.4 Å². The van der Waals surface area contributed by atoms with E-state index in [1.807, 2.05) is 63.2 Å². The fourth-order valence-electron chi connectivity index (χ4n) is 3.20. The summed E-state index contributed by atoms with van der Waals surface area (Å²) in [5.74, 6) is -0.391. The monoisotopic (exact) mass is 431 g/mol. The van der Waals surface area contributed by atoms with Gasteiger partial charge in [-0.15, -0.1) is 11.3 Å². The molecule has 0 fully saturated rings. The average Bonchev–Trinajstić information content (AvgIpc) is 3.33. The van der Waals surface area contributed by atoms with Crippen molar-refractivity contribution in [1.82, 2.24) is 4.98 Å². The van der Waals surface area contributed by atoms with E-state index in [4.69, 9.17) is 4.74 Å². The molecular weight excluding hydrogens is 410 g/mol. The summed E-state index contributed by atoms with van der Waals surface area (Å²) in [6.45, 7) is 7.48. The highest BCUT2D eigenvalue weighted by Crippen LogP contribution is 2.33. The van der Waals surface area contributed by atoms with Crippen LogP contribution in [0, 0.1) is 20.8 Å². The van der Waals surface area contributed by atoms with Crippen molar-refractivity contribution in [3.05, 3.63) is 81.5 Å². The van der Waals surface area contributed by atoms with Crippen LogP contribution < -0.4 is 4.90 Å². The number of amides is 1. The van der Waals surface area contributed by atoms with Crippen LogP contribution in [0.5, 0.6) is 0 Å². The van der Waals surface area contributed by atoms with Crippen LogP contribution in [0.4, 0.5) is 10.8 Å². The van der Waals surface area contributed by atoms with Crippen LogP contribution in [0.1, 0.15) is 34.9 Å². The van der Waals surface area contributed by atoms with Crippen LogP contribution >= 0.6 is 11.3 Å². The van der Waals surface area contributed by atoms with Gasteiger partial charge in [-0.25, -0.2) is 14.8 Å². The Morgan fingerprint density at radius 3 is 2.55 bits per heavy atom. The standard InChI is InChI=1S/C24H21N3O3S/c1-14-8-10-18(11-9-14)22-26-20(23(29)30-22)12-19-13-31-24(25-19)27(17(4)28)21-7-5-6-15(2)16(21)3/h5-13H,1-4H3. The first-order valence-electron chi connectivity index (χ1n) is 9.75. The number of anilines is 2. The van der Waals surface area contributed by atoms with Gasteiger partial charge in [0, 0.05) is 17.9 Å². The lowest BCUT2D eigenvalue weighted by Crippen LogP contribution is -2.23. The van der Waals surface area contributed by atoms with Gasteiger partial charge in [0.05, 0.1) is 11.4 Å². The van der Waals surface area contributed by atoms with E-state index in [0.717, 1.165) is 27.9 Å². The second-order valence-electron chi connectivity index (χ2n) is 7.33. The Labute approximate surface area is 184 Å². The van der Waals surface area contributed by atoms with Crippen molar-refractivity contribution >= 4 is 46.0 Å². The molecule has 3 aromatic rings. The third-order valence-electron chi connectivity index (χ3n) is 5.04. The SMILES string of the molecule is CC(=O)N(c1nc(C=C2N=C(c3ccc(C)cc3)OC2=O)cs1)c1cccc(C)c1C. The first-order valence-corrected chi connectivity index (χ1v) is 10.6. The molecule has 0 radical (unpaired) electrons. The summed E-state index contributed by atoms with van der Waals surface area (Å²) in [4.78, 5) is 35.2. The lowest BCUT2D eigenvalue weighted by atomic mass is 10.1. The third-order valence-corrected chi connectivity index (χ3v) is 5.88. The maximum Gasteiger partial charge on any atom is 0.363 e. The highest BCUT2D eigenvalue weighted by Gasteiger charge is 2.25. The molecule has 0 unspecified atom stereocenters. The minimum Gasteiger partial charge on any atom is -0.402 e. The number of benzene rings is 2. The molecule has 2 aromatic carbocycles. The number of cyclic esters (lactones) is 1. The van der Waals surface area contributed by atoms with Crippen LogP contribution in [-0.2, 0) is 14.3 Å². The Morgan fingerprint density at radius 2 is 1.84 bits per heavy atom. The average molecular weight is 432 g/mol. The van der Waals surface area contributed by atoms with E-state index in [2.05, 4.69) is 9.98 Å². The Balaban J connectivity index is 1.65. The second kappa shape index (κ2) is 8.28. The highest BCUT2D eigenvalue weighted by molar-refractivity contribution is 7.14. The van der Waals surface area contributed by atoms with Gasteiger partial charge in [-0.2, -0.15) is 0 Å². The Bertz CT molecular complexity index is 1240. The molecule has 0 bridgehead atoms. The number of hydrogen-bond donors (Lipinski definition) is 0. The number of carbonyl (C=O) groups is 2. The van der Waals surface area contributed by atoms with Gasteiger partial charge in [0.25, 0.3) is 0 Å². The van der Waals surface area contributed by atoms with Gasteiger partial charge >= 0.3 is 5.97 Å². The number of aliphatic imine (C=N–C) groups is 1. The molecule has 6 nitrogen and oxygen atoms in total. The summed E-state index contributed by atoms with van der Waals surface area (Å²) < 4.78 is 5.32. The van der Waals surface area contributed by atoms with Gasteiger partial charge < -0.3 is 4.74 Å². The molecule has 1 aliphatic rings. The summed E-state index contributed by atoms with van der Waals surface area (Å²) >= 11 is 1.33. The third kappa shape index (κ3) is 4.18. The molecule has 0 saturated heterocycles. The number of ether oxygens (including phenoxy) is 1. The zero-order valence-corrected chi connectivity index (χ0v) is 18.5. The van der Waals surface area contributed by atoms with E-state index in [-0.39, 0.29) is 17.5 Å². The lowest BCUT2D eigenvalue weighted by Gasteiger charge is -2.21. The normalized spacial score (nSPS) is 14.5. The maximum atomic E-state index is 12.4. The quantitative estimate of drug-likeness (QED) is 0.426. The van der Waals surface area contributed by atoms with Crippen molar-refractivity contribution < 1.29 is 14.3 Å². The molecule has 1 amide bonds. The van der Waals surface area contributed by atoms with Gasteiger partial charge in [0.2, 0.25) is 11.8 Å². The topological polar surface area (TPSA) is 71.9 Å². The minimum absolute atomic E-state index is 0.137. The molecule has 7 heteroatoms. The highest BCUT2D eigenvalue weighted by atomic mass is 32.1. The Hall–Kier alpha value is -3.58. The van der Waals surface area contributed by atoms with Crippen LogP contribution in [-0.4, -0.2) is 22.8 Å². The van der Waals surface area contributed by atoms with Crippen LogP contribution in [0.25, 0.3) is 6.08 Å². The zero-order chi connectivity index (χ0) is 22.1. The summed E-state index contributed by atoms with van der Waals surface area (Å²) in [6.07, 6.45) is 1.57. The number of esters is 1. The predicted octanol–water partition coefficient (Wildman–Crippen LogP) is 5.10. The van der Waals surface area contributed by atoms with Gasteiger partial charge in [0.1, 0.15) is 0 Å². The fraction of sp³-hybridized carbons (Fsp3) is 0.167. The van der Waals surface area contributed by atoms with E-state index >= 15 is 0 Å². The van der Waals surface area contributed by atoms with Gasteiger partial charge in [-0.1, -0.05) is 29.8 Å². The fourth-order valence-corrected chi connectivity index (χ4v) is 4.04. The van der Waals surface area contributed by atoms with Crippen molar-refractivity contribution in [2.45, 2.75) is 27.7 Å². The molecule has 0 spiro atoms. The van der Waals surface area contributed by atoms with E-state index in [0.29, 0.717) is 10.8 Å². The molecule has 0 aliphatic carbocycles. The van der Waals surface area contributed by atoms with E-state index in [9.17, 15) is 9.59 Å². The summed E-state index contributed by atoms with van der Waals surface area (Å²) in [6, 6.07) is 13.4. The van der Waals surface area contributed by atoms with Crippen LogP contribution in [0.3, 0.4) is 0 Å². The molecule has 156 valence electrons. The van der Waals surface area contributed by atoms with Crippen molar-refractivity contribution in [3.8, 4) is 0 Å². The molecule has 4 rings (SSSR count). The number of carbonyl (C=O) groups excluding carboxylic acids is 2. The molecule has 1 aliphatic heterocycles. The maximum absolute atomic E-state index is 12.4. The molecule has 0 atom stereocenters. The van der Waals surface area contributed by atoms with E-state index < -0.39 is 5.97 Å². The van der Waals surface area contributed by atoms with Gasteiger partial charge in [-0.05, 0) is 56.2 Å². The molecule has 2 heterocycles. The Kier molecular flexibility index (Phi) is 5.52. The molecule has 0 saturated carbocycles. The predicted molar refractivity (Wildman–Crippen MR) is 123 cm³/mol. The van der Waals surface area contributed by atoms with E-state index in [1.165, 1.54) is 18.3 Å². The van der Waals surface area contributed by atoms with Crippen LogP contribution in [0.2, 0.25) is 0 Å². The smallest absolute Gasteiger partial charge is 0.363 e. The van der Waals surface area contributed by atoms with Crippen molar-refractivity contribution in [3.63, 3.8) is 0 Å². The summed E-state index contributed by atoms with van der Waals surface area (Å²) in [5.41, 5.74) is 5.46. The first-order chi connectivity index (χ1) is 14.8. The number of rotatable bonds is 4. The summed E-state index contributed by atoms with van der Waals surface area (Å²) in [5, 5.41) is 2.32. The molecule has 0 N–H and O–H groups in total. The molecule has 1 aromatic heterocycles. The number of nitrogens with zero attached hydrogens (tertiary/aromatic N) is 3. The first kappa shape index (κ1) is 20.7. The second-order valence-corrected chi connectivity index (χ2v) is 8.17. The molecular formula is C24H21N3O3S. The summed E-state index contributed by atoms with van der Waals surface area (Å²) in [7, 11) is 0.